The molecule has 2 fully saturated rings. The number of hydrogen-bond donors (Lipinski definition) is 2. The third-order valence-corrected chi connectivity index (χ3v) is 5.18. The van der Waals surface area contributed by atoms with Crippen molar-refractivity contribution in [2.45, 2.75) is 57.7 Å². The molecule has 3 atom stereocenters. The maximum absolute atomic E-state index is 13.0. The van der Waals surface area contributed by atoms with Crippen LogP contribution in [-0.2, 0) is 9.59 Å². The van der Waals surface area contributed by atoms with E-state index in [2.05, 4.69) is 15.5 Å². The fourth-order valence-electron chi connectivity index (χ4n) is 3.97. The van der Waals surface area contributed by atoms with Crippen LogP contribution in [0.3, 0.4) is 0 Å². The normalized spacial score (nSPS) is 23.4. The highest BCUT2D eigenvalue weighted by molar-refractivity contribution is 5.85. The van der Waals surface area contributed by atoms with Crippen molar-refractivity contribution in [3.05, 3.63) is 35.4 Å². The van der Waals surface area contributed by atoms with Crippen LogP contribution < -0.4 is 10.6 Å². The lowest BCUT2D eigenvalue weighted by molar-refractivity contribution is -0.134. The molecule has 138 valence electrons. The van der Waals surface area contributed by atoms with Crippen LogP contribution in [0, 0.1) is 6.92 Å². The summed E-state index contributed by atoms with van der Waals surface area (Å²) < 4.78 is 0. The molecule has 0 aliphatic carbocycles. The van der Waals surface area contributed by atoms with E-state index in [0.29, 0.717) is 18.5 Å². The van der Waals surface area contributed by atoms with E-state index in [1.54, 1.807) is 0 Å². The molecule has 25 heavy (non-hydrogen) atoms. The minimum Gasteiger partial charge on any atom is -0.349 e. The van der Waals surface area contributed by atoms with E-state index in [9.17, 15) is 9.59 Å². The summed E-state index contributed by atoms with van der Waals surface area (Å²) in [5.41, 5.74) is 2.16. The molecule has 2 aliphatic rings. The van der Waals surface area contributed by atoms with Crippen molar-refractivity contribution in [3.8, 4) is 0 Å². The number of carbonyl (C=O) groups is 2. The van der Waals surface area contributed by atoms with E-state index < -0.39 is 0 Å². The number of amides is 2. The third-order valence-electron chi connectivity index (χ3n) is 5.18. The van der Waals surface area contributed by atoms with Gasteiger partial charge < -0.3 is 15.5 Å². The third kappa shape index (κ3) is 4.73. The molecule has 2 heterocycles. The number of rotatable bonds is 4. The Labute approximate surface area is 155 Å². The first-order valence-electron chi connectivity index (χ1n) is 8.90. The summed E-state index contributed by atoms with van der Waals surface area (Å²) in [4.78, 5) is 26.7. The highest BCUT2D eigenvalue weighted by atomic mass is 35.5. The average molecular weight is 366 g/mol. The Morgan fingerprint density at radius 2 is 1.88 bits per heavy atom. The molecule has 5 nitrogen and oxygen atoms in total. The van der Waals surface area contributed by atoms with Gasteiger partial charge in [-0.15, -0.1) is 12.4 Å². The number of nitrogens with one attached hydrogen (secondary N) is 2. The lowest BCUT2D eigenvalue weighted by Gasteiger charge is -2.30. The molecule has 2 saturated heterocycles. The van der Waals surface area contributed by atoms with Gasteiger partial charge >= 0.3 is 0 Å². The molecule has 3 rings (SSSR count). The first-order chi connectivity index (χ1) is 11.5. The average Bonchev–Trinajstić information content (AvgIpc) is 2.80. The molecular weight excluding hydrogens is 338 g/mol. The quantitative estimate of drug-likeness (QED) is 0.860. The van der Waals surface area contributed by atoms with Crippen molar-refractivity contribution in [3.63, 3.8) is 0 Å². The minimum atomic E-state index is -0.258. The van der Waals surface area contributed by atoms with Gasteiger partial charge in [0.05, 0.1) is 12.5 Å². The maximum atomic E-state index is 13.0. The molecule has 3 unspecified atom stereocenters. The van der Waals surface area contributed by atoms with E-state index in [0.717, 1.165) is 37.9 Å². The van der Waals surface area contributed by atoms with E-state index in [1.165, 1.54) is 12.5 Å². The molecule has 0 aromatic heterocycles. The Balaban J connectivity index is 0.00000225. The number of carbonyl (C=O) groups excluding carboxylic acids is 2. The van der Waals surface area contributed by atoms with Crippen LogP contribution in [0.5, 0.6) is 0 Å². The van der Waals surface area contributed by atoms with Crippen molar-refractivity contribution in [1.82, 2.24) is 15.5 Å². The van der Waals surface area contributed by atoms with E-state index >= 15 is 0 Å². The lowest BCUT2D eigenvalue weighted by Crippen LogP contribution is -2.44. The number of fused-ring (bicyclic) bond motifs is 2. The predicted octanol–water partition coefficient (Wildman–Crippen LogP) is 2.34. The van der Waals surface area contributed by atoms with Crippen LogP contribution in [-0.4, -0.2) is 41.9 Å². The summed E-state index contributed by atoms with van der Waals surface area (Å²) in [7, 11) is 0. The predicted molar refractivity (Wildman–Crippen MR) is 101 cm³/mol. The Kier molecular flexibility index (Phi) is 6.85. The summed E-state index contributed by atoms with van der Waals surface area (Å²) in [6.45, 7) is 5.41. The molecule has 2 aliphatic heterocycles. The minimum absolute atomic E-state index is 0. The zero-order chi connectivity index (χ0) is 17.1. The van der Waals surface area contributed by atoms with Crippen LogP contribution >= 0.6 is 12.4 Å². The van der Waals surface area contributed by atoms with E-state index in [4.69, 9.17) is 0 Å². The SMILES string of the molecule is CC(=O)NC(CC(=O)N1C2CCNCC1CC2)c1ccc(C)cc1.Cl. The second-order valence-electron chi connectivity index (χ2n) is 7.05. The Hall–Kier alpha value is -1.59. The number of nitrogens with zero attached hydrogens (tertiary/aromatic N) is 1. The summed E-state index contributed by atoms with van der Waals surface area (Å²) >= 11 is 0. The molecule has 1 aromatic rings. The number of hydrogen-bond acceptors (Lipinski definition) is 3. The molecule has 2 N–H and O–H groups in total. The van der Waals surface area contributed by atoms with Crippen molar-refractivity contribution >= 4 is 24.2 Å². The lowest BCUT2D eigenvalue weighted by atomic mass is 10.0. The molecule has 0 radical (unpaired) electrons. The molecule has 1 aromatic carbocycles. The zero-order valence-electron chi connectivity index (χ0n) is 15.0. The standard InChI is InChI=1S/C19H27N3O2.ClH/c1-13-3-5-15(6-4-13)18(21-14(2)23)11-19(24)22-16-7-8-17(22)12-20-10-9-16;/h3-6,16-18,20H,7-12H2,1-2H3,(H,21,23);1H. The van der Waals surface area contributed by atoms with Gasteiger partial charge in [-0.25, -0.2) is 0 Å². The van der Waals surface area contributed by atoms with Crippen molar-refractivity contribution in [1.29, 1.82) is 0 Å². The highest BCUT2D eigenvalue weighted by Crippen LogP contribution is 2.30. The topological polar surface area (TPSA) is 61.4 Å². The first-order valence-corrected chi connectivity index (χ1v) is 8.90. The van der Waals surface area contributed by atoms with Crippen LogP contribution in [0.2, 0.25) is 0 Å². The summed E-state index contributed by atoms with van der Waals surface area (Å²) in [6.07, 6.45) is 3.54. The Morgan fingerprint density at radius 1 is 1.20 bits per heavy atom. The second-order valence-corrected chi connectivity index (χ2v) is 7.05. The largest absolute Gasteiger partial charge is 0.349 e. The highest BCUT2D eigenvalue weighted by Gasteiger charge is 2.38. The summed E-state index contributed by atoms with van der Waals surface area (Å²) in [6, 6.07) is 8.45. The fourth-order valence-corrected chi connectivity index (χ4v) is 3.97. The molecule has 0 spiro atoms. The van der Waals surface area contributed by atoms with E-state index in [-0.39, 0.29) is 30.3 Å². The maximum Gasteiger partial charge on any atom is 0.225 e. The van der Waals surface area contributed by atoms with Gasteiger partial charge in [0.1, 0.15) is 0 Å². The monoisotopic (exact) mass is 365 g/mol. The van der Waals surface area contributed by atoms with Gasteiger partial charge in [-0.1, -0.05) is 29.8 Å². The number of benzene rings is 1. The summed E-state index contributed by atoms with van der Waals surface area (Å²) in [5.74, 6) is 0.0550. The van der Waals surface area contributed by atoms with Gasteiger partial charge in [0.25, 0.3) is 0 Å². The van der Waals surface area contributed by atoms with Crippen LogP contribution in [0.1, 0.15) is 49.8 Å². The Bertz CT molecular complexity index is 591. The number of aryl methyl sites for hydroxylation is 1. The van der Waals surface area contributed by atoms with E-state index in [1.807, 2.05) is 31.2 Å². The fraction of sp³-hybridized carbons (Fsp3) is 0.579. The Morgan fingerprint density at radius 3 is 2.56 bits per heavy atom. The molecule has 2 amide bonds. The van der Waals surface area contributed by atoms with Crippen molar-refractivity contribution in [2.24, 2.45) is 0 Å². The molecule has 6 heteroatoms. The first kappa shape index (κ1) is 19.7. The van der Waals surface area contributed by atoms with Gasteiger partial charge in [-0.05, 0) is 38.3 Å². The van der Waals surface area contributed by atoms with Crippen LogP contribution in [0.15, 0.2) is 24.3 Å². The van der Waals surface area contributed by atoms with Crippen LogP contribution in [0.4, 0.5) is 0 Å². The van der Waals surface area contributed by atoms with Gasteiger partial charge in [0, 0.05) is 25.6 Å². The number of halogens is 1. The molecular formula is C19H28ClN3O2. The van der Waals surface area contributed by atoms with Gasteiger partial charge in [-0.3, -0.25) is 9.59 Å². The van der Waals surface area contributed by atoms with Gasteiger partial charge in [-0.2, -0.15) is 0 Å². The van der Waals surface area contributed by atoms with Crippen molar-refractivity contribution in [2.75, 3.05) is 13.1 Å². The molecule has 0 saturated carbocycles. The zero-order valence-corrected chi connectivity index (χ0v) is 15.8. The van der Waals surface area contributed by atoms with Gasteiger partial charge in [0.2, 0.25) is 11.8 Å². The van der Waals surface area contributed by atoms with Gasteiger partial charge in [0.15, 0.2) is 0 Å². The second kappa shape index (κ2) is 8.68. The molecule has 2 bridgehead atoms. The smallest absolute Gasteiger partial charge is 0.225 e. The summed E-state index contributed by atoms with van der Waals surface area (Å²) in [5, 5.41) is 6.37. The van der Waals surface area contributed by atoms with Crippen LogP contribution in [0.25, 0.3) is 0 Å². The van der Waals surface area contributed by atoms with Crippen molar-refractivity contribution < 1.29 is 9.59 Å².